The second-order valence-corrected chi connectivity index (χ2v) is 10.3. The van der Waals surface area contributed by atoms with Crippen molar-refractivity contribution in [2.45, 2.75) is 18.9 Å². The summed E-state index contributed by atoms with van der Waals surface area (Å²) in [6, 6.07) is 19.3. The van der Waals surface area contributed by atoms with E-state index in [1.165, 1.54) is 16.9 Å². The molecule has 1 aromatic heterocycles. The molecule has 2 aliphatic rings. The fraction of sp³-hybridized carbons (Fsp3) is 0.226. The van der Waals surface area contributed by atoms with Gasteiger partial charge in [0.15, 0.2) is 16.3 Å². The van der Waals surface area contributed by atoms with Gasteiger partial charge in [-0.2, -0.15) is 0 Å². The summed E-state index contributed by atoms with van der Waals surface area (Å²) in [5.41, 5.74) is 5.90. The Kier molecular flexibility index (Phi) is 6.48. The van der Waals surface area contributed by atoms with Gasteiger partial charge in [-0.05, 0) is 54.3 Å². The van der Waals surface area contributed by atoms with Crippen LogP contribution in [-0.2, 0) is 6.42 Å². The first-order chi connectivity index (χ1) is 19.1. The van der Waals surface area contributed by atoms with Gasteiger partial charge in [0.1, 0.15) is 11.5 Å². The lowest BCUT2D eigenvalue weighted by atomic mass is 9.83. The summed E-state index contributed by atoms with van der Waals surface area (Å²) >= 11 is 1.37. The average molecular weight is 541 g/mol. The second kappa shape index (κ2) is 10.1. The second-order valence-electron chi connectivity index (χ2n) is 9.30. The van der Waals surface area contributed by atoms with Crippen molar-refractivity contribution >= 4 is 23.1 Å². The first-order valence-corrected chi connectivity index (χ1v) is 13.5. The number of benzene rings is 3. The van der Waals surface area contributed by atoms with E-state index in [4.69, 9.17) is 23.9 Å². The van der Waals surface area contributed by atoms with Gasteiger partial charge in [0, 0.05) is 16.7 Å². The summed E-state index contributed by atoms with van der Waals surface area (Å²) in [4.78, 5) is 19.9. The number of aryl methyl sites for hydroxylation is 1. The van der Waals surface area contributed by atoms with Crippen LogP contribution >= 0.6 is 11.3 Å². The quantitative estimate of drug-likeness (QED) is 0.364. The number of hydrogen-bond acceptors (Lipinski definition) is 7. The molecule has 8 heteroatoms. The highest BCUT2D eigenvalue weighted by Crippen LogP contribution is 2.44. The molecule has 0 amide bonds. The van der Waals surface area contributed by atoms with Crippen molar-refractivity contribution < 1.29 is 18.9 Å². The molecule has 39 heavy (non-hydrogen) atoms. The van der Waals surface area contributed by atoms with E-state index in [1.807, 2.05) is 48.5 Å². The average Bonchev–Trinajstić information content (AvgIpc) is 3.29. The Bertz CT molecular complexity index is 1800. The zero-order valence-corrected chi connectivity index (χ0v) is 23.0. The van der Waals surface area contributed by atoms with Crippen LogP contribution in [0.25, 0.3) is 11.8 Å². The van der Waals surface area contributed by atoms with Gasteiger partial charge in [-0.15, -0.1) is 0 Å². The molecule has 1 aliphatic heterocycles. The number of nitrogens with zero attached hydrogens (tertiary/aromatic N) is 2. The first kappa shape index (κ1) is 25.0. The molecular formula is C31H28N2O5S. The highest BCUT2D eigenvalue weighted by atomic mass is 32.1. The Balaban J connectivity index is 1.65. The first-order valence-electron chi connectivity index (χ1n) is 12.6. The zero-order chi connectivity index (χ0) is 27.1. The monoisotopic (exact) mass is 540 g/mol. The standard InChI is InChI=1S/C31H28N2O5S/c1-35-20-13-15-24(36-2)23(17-20)28-22-14-12-18-8-5-6-10-21(18)27(22)32-31-33(28)30(34)26(39-31)16-19-9-7-11-25(37-3)29(19)38-4/h5-11,13,15-17,28H,12,14H2,1-4H3. The van der Waals surface area contributed by atoms with Crippen LogP contribution in [0.15, 0.2) is 76.0 Å². The maximum Gasteiger partial charge on any atom is 0.271 e. The van der Waals surface area contributed by atoms with E-state index in [1.54, 1.807) is 33.0 Å². The van der Waals surface area contributed by atoms with Gasteiger partial charge in [0.2, 0.25) is 0 Å². The summed E-state index contributed by atoms with van der Waals surface area (Å²) in [6.45, 7) is 0. The molecule has 6 rings (SSSR count). The molecule has 0 saturated carbocycles. The van der Waals surface area contributed by atoms with Crippen molar-refractivity contribution in [2.24, 2.45) is 4.99 Å². The summed E-state index contributed by atoms with van der Waals surface area (Å²) in [5.74, 6) is 2.57. The Morgan fingerprint density at radius 3 is 2.49 bits per heavy atom. The van der Waals surface area contributed by atoms with Gasteiger partial charge in [-0.1, -0.05) is 47.7 Å². The van der Waals surface area contributed by atoms with Crippen LogP contribution < -0.4 is 33.8 Å². The number of allylic oxidation sites excluding steroid dienone is 1. The van der Waals surface area contributed by atoms with Gasteiger partial charge < -0.3 is 18.9 Å². The number of rotatable bonds is 6. The summed E-state index contributed by atoms with van der Waals surface area (Å²) in [5, 5.41) is 0. The number of fused-ring (bicyclic) bond motifs is 3. The molecule has 1 aliphatic carbocycles. The van der Waals surface area contributed by atoms with Crippen molar-refractivity contribution in [3.8, 4) is 23.0 Å². The van der Waals surface area contributed by atoms with Crippen LogP contribution in [0.4, 0.5) is 0 Å². The Morgan fingerprint density at radius 1 is 0.897 bits per heavy atom. The zero-order valence-electron chi connectivity index (χ0n) is 22.2. The maximum absolute atomic E-state index is 14.1. The Labute approximate surface area is 229 Å². The molecule has 0 saturated heterocycles. The fourth-order valence-corrected chi connectivity index (χ4v) is 6.51. The molecular weight excluding hydrogens is 512 g/mol. The molecule has 1 unspecified atom stereocenters. The molecule has 198 valence electrons. The maximum atomic E-state index is 14.1. The van der Waals surface area contributed by atoms with Crippen LogP contribution in [0.3, 0.4) is 0 Å². The van der Waals surface area contributed by atoms with Crippen molar-refractivity contribution in [3.63, 3.8) is 0 Å². The van der Waals surface area contributed by atoms with E-state index in [0.717, 1.165) is 40.8 Å². The third-order valence-corrected chi connectivity index (χ3v) is 8.31. The number of thiazole rings is 1. The minimum Gasteiger partial charge on any atom is -0.497 e. The molecule has 0 radical (unpaired) electrons. The predicted octanol–water partition coefficient (Wildman–Crippen LogP) is 4.35. The van der Waals surface area contributed by atoms with Gasteiger partial charge in [-0.3, -0.25) is 9.36 Å². The molecule has 0 N–H and O–H groups in total. The van der Waals surface area contributed by atoms with E-state index in [9.17, 15) is 4.79 Å². The van der Waals surface area contributed by atoms with Crippen LogP contribution in [0.5, 0.6) is 23.0 Å². The van der Waals surface area contributed by atoms with Crippen LogP contribution in [0, 0.1) is 0 Å². The van der Waals surface area contributed by atoms with E-state index in [-0.39, 0.29) is 11.6 Å². The number of ether oxygens (including phenoxy) is 4. The molecule has 0 spiro atoms. The predicted molar refractivity (Wildman–Crippen MR) is 152 cm³/mol. The van der Waals surface area contributed by atoms with Gasteiger partial charge in [0.05, 0.1) is 44.7 Å². The van der Waals surface area contributed by atoms with Crippen LogP contribution in [-0.4, -0.2) is 33.0 Å². The lowest BCUT2D eigenvalue weighted by Gasteiger charge is -2.31. The van der Waals surface area contributed by atoms with Crippen molar-refractivity contribution in [3.05, 3.63) is 108 Å². The minimum absolute atomic E-state index is 0.121. The third kappa shape index (κ3) is 4.12. The smallest absolute Gasteiger partial charge is 0.271 e. The summed E-state index contributed by atoms with van der Waals surface area (Å²) < 4.78 is 24.8. The van der Waals surface area contributed by atoms with Gasteiger partial charge in [-0.25, -0.2) is 4.99 Å². The largest absolute Gasteiger partial charge is 0.497 e. The Hall–Kier alpha value is -4.30. The van der Waals surface area contributed by atoms with Crippen molar-refractivity contribution in [1.82, 2.24) is 4.57 Å². The normalized spacial score (nSPS) is 16.1. The topological polar surface area (TPSA) is 71.3 Å². The van der Waals surface area contributed by atoms with E-state index < -0.39 is 0 Å². The number of aromatic nitrogens is 1. The van der Waals surface area contributed by atoms with E-state index >= 15 is 0 Å². The lowest BCUT2D eigenvalue weighted by molar-refractivity contribution is 0.354. The molecule has 4 aromatic rings. The molecule has 0 fully saturated rings. The lowest BCUT2D eigenvalue weighted by Crippen LogP contribution is -2.39. The molecule has 2 heterocycles. The SMILES string of the molecule is COc1ccc(OC)c(C2C3=C(N=c4sc(=Cc5cccc(OC)c5OC)c(=O)n42)c2ccccc2CC3)c1. The molecule has 3 aromatic carbocycles. The number of para-hydroxylation sites is 1. The fourth-order valence-electron chi connectivity index (χ4n) is 5.52. The van der Waals surface area contributed by atoms with Crippen LogP contribution in [0.2, 0.25) is 0 Å². The van der Waals surface area contributed by atoms with E-state index in [2.05, 4.69) is 18.2 Å². The summed E-state index contributed by atoms with van der Waals surface area (Å²) in [7, 11) is 6.48. The van der Waals surface area contributed by atoms with Gasteiger partial charge >= 0.3 is 0 Å². The highest BCUT2D eigenvalue weighted by Gasteiger charge is 2.34. The molecule has 0 bridgehead atoms. The van der Waals surface area contributed by atoms with Crippen molar-refractivity contribution in [2.75, 3.05) is 28.4 Å². The van der Waals surface area contributed by atoms with Crippen LogP contribution in [0.1, 0.15) is 34.7 Å². The highest BCUT2D eigenvalue weighted by molar-refractivity contribution is 7.07. The molecule has 1 atom stereocenters. The van der Waals surface area contributed by atoms with E-state index in [0.29, 0.717) is 32.3 Å². The van der Waals surface area contributed by atoms with Gasteiger partial charge in [0.25, 0.3) is 5.56 Å². The van der Waals surface area contributed by atoms with Crippen molar-refractivity contribution in [1.29, 1.82) is 0 Å². The number of methoxy groups -OCH3 is 4. The Morgan fingerprint density at radius 2 is 1.72 bits per heavy atom. The summed E-state index contributed by atoms with van der Waals surface area (Å²) in [6.07, 6.45) is 3.51. The third-order valence-electron chi connectivity index (χ3n) is 7.32. The molecule has 7 nitrogen and oxygen atoms in total. The number of hydrogen-bond donors (Lipinski definition) is 0. The minimum atomic E-state index is -0.385.